The van der Waals surface area contributed by atoms with Crippen molar-refractivity contribution in [3.05, 3.63) is 430 Å². The molecule has 28 aromatic rings. The normalized spacial score (nSPS) is 13.5. The van der Waals surface area contributed by atoms with Crippen molar-refractivity contribution in [3.8, 4) is 89.0 Å². The topological polar surface area (TPSA) is 172 Å². The smallest absolute Gasteiger partial charge is 0.166 e. The molecule has 0 amide bonds. The third-order valence-corrected chi connectivity index (χ3v) is 31.6. The van der Waals surface area contributed by atoms with Crippen LogP contribution in [0.25, 0.3) is 243 Å². The van der Waals surface area contributed by atoms with Crippen LogP contribution in [0.1, 0.15) is 89.0 Å². The van der Waals surface area contributed by atoms with Crippen molar-refractivity contribution in [2.24, 2.45) is 0 Å². The molecule has 648 valence electrons. The Hall–Kier alpha value is -18.3. The fourth-order valence-corrected chi connectivity index (χ4v) is 25.6. The highest BCUT2D eigenvalue weighted by Gasteiger charge is 2.36. The van der Waals surface area contributed by atoms with Gasteiger partial charge in [-0.25, -0.2) is 59.8 Å². The molecule has 0 radical (unpaired) electrons. The SMILES string of the molecule is c1ccc2c(c1)Cc1c-2ccc2c1-c1cc3c(cc1C2)c1cccnc1n1c2ncccc2nc31.c1ccc2c(c1)Cc1c-2ccc2c1Cc1cc3c4cccnc4n4c5ncccc5nc4c3cc1-2.c1ccc2c(c1)Cc1cc3c(cc1-2)-c1cc2c(cc1C3)c1cccnc1n1c3ncccc3nc21.c1ccc2c(c1)Cc1cc3c(cc1-2)Cc1cc2c4cccnc4n4c5ncccc5nc4c2cc1-3. The van der Waals surface area contributed by atoms with Gasteiger partial charge in [0.2, 0.25) is 0 Å². The van der Waals surface area contributed by atoms with Gasteiger partial charge >= 0.3 is 0 Å². The van der Waals surface area contributed by atoms with E-state index < -0.39 is 0 Å². The van der Waals surface area contributed by atoms with Crippen molar-refractivity contribution in [2.75, 3.05) is 0 Å². The highest BCUT2D eigenvalue weighted by molar-refractivity contribution is 6.20. The van der Waals surface area contributed by atoms with E-state index in [-0.39, 0.29) is 0 Å². The van der Waals surface area contributed by atoms with Gasteiger partial charge < -0.3 is 0 Å². The number of benzene rings is 12. The van der Waals surface area contributed by atoms with Gasteiger partial charge in [0.05, 0.1) is 0 Å². The molecule has 0 bridgehead atoms. The number of pyridine rings is 12. The van der Waals surface area contributed by atoms with Crippen LogP contribution < -0.4 is 0 Å². The molecule has 8 aliphatic carbocycles. The quantitative estimate of drug-likeness (QED) is 0.132. The second-order valence-corrected chi connectivity index (χ2v) is 38.8. The van der Waals surface area contributed by atoms with Gasteiger partial charge in [0.1, 0.15) is 67.2 Å². The van der Waals surface area contributed by atoms with E-state index in [0.29, 0.717) is 0 Å². The fourth-order valence-electron chi connectivity index (χ4n) is 25.6. The maximum atomic E-state index is 5.04. The van der Waals surface area contributed by atoms with Crippen LogP contribution in [0.15, 0.2) is 341 Å². The third-order valence-electron chi connectivity index (χ3n) is 31.6. The van der Waals surface area contributed by atoms with Gasteiger partial charge in [-0.15, -0.1) is 0 Å². The molecule has 16 aromatic heterocycles. The predicted octanol–water partition coefficient (Wildman–Crippen LogP) is 26.9. The van der Waals surface area contributed by atoms with Crippen LogP contribution in [0.4, 0.5) is 0 Å². The first-order chi connectivity index (χ1) is 69.4. The zero-order valence-electron chi connectivity index (χ0n) is 75.1. The van der Waals surface area contributed by atoms with Crippen molar-refractivity contribution < 1.29 is 0 Å². The molecular weight excluding hydrogens is 1710 g/mol. The first-order valence-corrected chi connectivity index (χ1v) is 48.2. The molecule has 16 heterocycles. The average molecular weight is 1790 g/mol. The number of rotatable bonds is 0. The average Bonchev–Trinajstić information content (AvgIpc) is 1.55. The van der Waals surface area contributed by atoms with Gasteiger partial charge in [-0.1, -0.05) is 127 Å². The van der Waals surface area contributed by atoms with Crippen LogP contribution in [-0.2, 0) is 51.4 Å². The molecule has 12 aromatic carbocycles. The summed E-state index contributed by atoms with van der Waals surface area (Å²) >= 11 is 0. The zero-order valence-corrected chi connectivity index (χ0v) is 75.1. The molecule has 16 nitrogen and oxygen atoms in total. The Labute approximate surface area is 796 Å². The van der Waals surface area contributed by atoms with Crippen LogP contribution in [0, 0.1) is 0 Å². The molecule has 0 aliphatic heterocycles. The van der Waals surface area contributed by atoms with Gasteiger partial charge in [-0.3, -0.25) is 17.6 Å². The van der Waals surface area contributed by atoms with E-state index in [4.69, 9.17) is 39.9 Å². The van der Waals surface area contributed by atoms with Gasteiger partial charge in [-0.05, 0) is 415 Å². The minimum atomic E-state index is 0.850. The van der Waals surface area contributed by atoms with Crippen molar-refractivity contribution in [1.82, 2.24) is 77.4 Å². The van der Waals surface area contributed by atoms with E-state index in [1.165, 1.54) is 200 Å². The highest BCUT2D eigenvalue weighted by Crippen LogP contribution is 2.55. The Morgan fingerprint density at radius 2 is 0.400 bits per heavy atom. The third kappa shape index (κ3) is 10.4. The highest BCUT2D eigenvalue weighted by atomic mass is 15.1. The lowest BCUT2D eigenvalue weighted by atomic mass is 9.94. The monoisotopic (exact) mass is 1780 g/mol. The Balaban J connectivity index is 0.0000000829. The molecule has 8 aliphatic rings. The first kappa shape index (κ1) is 75.1. The Bertz CT molecular complexity index is 10600. The predicted molar refractivity (Wildman–Crippen MR) is 559 cm³/mol. The summed E-state index contributed by atoms with van der Waals surface area (Å²) < 4.78 is 8.48. The maximum Gasteiger partial charge on any atom is 0.166 e. The van der Waals surface area contributed by atoms with E-state index >= 15 is 0 Å². The number of hydrogen-bond acceptors (Lipinski definition) is 12. The lowest BCUT2D eigenvalue weighted by Gasteiger charge is -2.12. The molecule has 0 saturated carbocycles. The fraction of sp³-hybridized carbons (Fsp3) is 0.0645. The molecule has 0 unspecified atom stereocenters. The molecule has 0 fully saturated rings. The summed E-state index contributed by atoms with van der Waals surface area (Å²) in [6.07, 6.45) is 22.7. The van der Waals surface area contributed by atoms with Crippen LogP contribution in [0.3, 0.4) is 0 Å². The number of hydrogen-bond donors (Lipinski definition) is 0. The van der Waals surface area contributed by atoms with E-state index in [1.54, 1.807) is 0 Å². The first-order valence-electron chi connectivity index (χ1n) is 48.2. The molecule has 0 atom stereocenters. The number of nitrogens with zero attached hydrogens (tertiary/aromatic N) is 16. The van der Waals surface area contributed by atoms with Crippen molar-refractivity contribution in [3.63, 3.8) is 0 Å². The largest absolute Gasteiger partial charge is 0.260 e. The second kappa shape index (κ2) is 27.7. The molecule has 16 heteroatoms. The molecule has 140 heavy (non-hydrogen) atoms. The Morgan fingerprint density at radius 3 is 0.814 bits per heavy atom. The molecule has 0 spiro atoms. The van der Waals surface area contributed by atoms with Crippen molar-refractivity contribution in [1.29, 1.82) is 0 Å². The summed E-state index contributed by atoms with van der Waals surface area (Å²) in [6, 6.07) is 106. The van der Waals surface area contributed by atoms with E-state index in [0.717, 1.165) is 184 Å². The molecule has 0 saturated heterocycles. The standard InChI is InChI=1S/4C31H18N4/c1-2-6-20-17(5-1)14-25-21(20)10-9-18-13-19-15-24-22-7-3-11-32-29(22)35-30(26(24)16-23(19)28(18)25)34-27-8-4-12-33-31(27)35;1-2-6-19-17(5-1)13-24-20(19)9-10-21-23-16-27-26(15-18(23)14-25(21)24)22-7-3-11-32-29(22)35-30(27)34-28-8-4-12-33-31(28)35;1-2-6-21-17(5-1)11-18-14-24-19(13-23(18)21)12-20-15-26-22-7-3-9-32-29(22)35-30(27(26)16-25(20)24)34-28-8-4-10-33-31(28)35;1-2-6-21-17(5-1)11-18-12-19-13-20-14-26-22-7-3-9-32-29(22)35-30(34-28-8-4-10-33-31(28)35)27(26)16-25(20)24(19)15-23(18)21/h2*1-12,15-16H,13-14H2;1-10,13-16H,11-12H2;1-10,12,14-16H,11,13H2. The summed E-state index contributed by atoms with van der Waals surface area (Å²) in [7, 11) is 0. The van der Waals surface area contributed by atoms with Crippen LogP contribution in [-0.4, -0.2) is 77.4 Å². The molecule has 0 N–H and O–H groups in total. The van der Waals surface area contributed by atoms with Crippen molar-refractivity contribution in [2.45, 2.75) is 51.4 Å². The van der Waals surface area contributed by atoms with Crippen molar-refractivity contribution >= 4 is 154 Å². The van der Waals surface area contributed by atoms with E-state index in [9.17, 15) is 0 Å². The van der Waals surface area contributed by atoms with Gasteiger partial charge in [-0.2, -0.15) is 0 Å². The Kier molecular flexibility index (Phi) is 14.9. The second-order valence-electron chi connectivity index (χ2n) is 38.8. The van der Waals surface area contributed by atoms with Gasteiger partial charge in [0, 0.05) is 92.7 Å². The summed E-state index contributed by atoms with van der Waals surface area (Å²) in [4.78, 5) is 57.8. The summed E-state index contributed by atoms with van der Waals surface area (Å²) in [5.74, 6) is 0. The van der Waals surface area contributed by atoms with E-state index in [1.807, 2.05) is 122 Å². The molecule has 36 rings (SSSR count). The Morgan fingerprint density at radius 1 is 0.143 bits per heavy atom. The van der Waals surface area contributed by atoms with Crippen LogP contribution in [0.5, 0.6) is 0 Å². The molecular formula is C124H72N16. The maximum absolute atomic E-state index is 5.04. The minimum Gasteiger partial charge on any atom is -0.260 e. The summed E-state index contributed by atoms with van der Waals surface area (Å²) in [5.41, 5.74) is 59.1. The van der Waals surface area contributed by atoms with E-state index in [2.05, 4.69) is 256 Å². The lowest BCUT2D eigenvalue weighted by molar-refractivity contribution is 1.16. The summed E-state index contributed by atoms with van der Waals surface area (Å²) in [5, 5.41) is 14.0. The summed E-state index contributed by atoms with van der Waals surface area (Å²) in [6.45, 7) is 0. The van der Waals surface area contributed by atoms with Crippen LogP contribution in [0.2, 0.25) is 0 Å². The van der Waals surface area contributed by atoms with Gasteiger partial charge in [0.15, 0.2) is 22.6 Å². The number of fused-ring (bicyclic) bond motifs is 58. The minimum absolute atomic E-state index is 0.850. The zero-order chi connectivity index (χ0) is 90.7. The number of aromatic nitrogens is 16. The number of imidazole rings is 4. The van der Waals surface area contributed by atoms with Crippen LogP contribution >= 0.6 is 0 Å². The van der Waals surface area contributed by atoms with Gasteiger partial charge in [0.25, 0.3) is 0 Å². The lowest BCUT2D eigenvalue weighted by Crippen LogP contribution is -1.96.